The van der Waals surface area contributed by atoms with Crippen LogP contribution in [-0.4, -0.2) is 28.4 Å². The smallest absolute Gasteiger partial charge is 0.140 e. The Morgan fingerprint density at radius 2 is 2.33 bits per heavy atom. The second kappa shape index (κ2) is 5.28. The van der Waals surface area contributed by atoms with E-state index in [1.54, 1.807) is 20.2 Å². The van der Waals surface area contributed by atoms with Crippen molar-refractivity contribution in [2.75, 3.05) is 13.7 Å². The standard InChI is InChI=1S/C11H20N2O2/c1-4-7-13-8-6-12-10(13)11(2,14)5-9-15-3/h6,8,14H,4-5,7,9H2,1-3H3. The van der Waals surface area contributed by atoms with Crippen molar-refractivity contribution in [2.24, 2.45) is 0 Å². The molecule has 0 aliphatic rings. The number of aromatic nitrogens is 2. The average molecular weight is 212 g/mol. The van der Waals surface area contributed by atoms with Gasteiger partial charge in [-0.2, -0.15) is 0 Å². The molecule has 0 amide bonds. The number of imidazole rings is 1. The highest BCUT2D eigenvalue weighted by atomic mass is 16.5. The summed E-state index contributed by atoms with van der Waals surface area (Å²) < 4.78 is 6.97. The molecule has 1 rings (SSSR count). The zero-order valence-corrected chi connectivity index (χ0v) is 9.73. The van der Waals surface area contributed by atoms with Gasteiger partial charge in [-0.15, -0.1) is 0 Å². The van der Waals surface area contributed by atoms with Crippen LogP contribution in [0.3, 0.4) is 0 Å². The molecule has 15 heavy (non-hydrogen) atoms. The molecule has 1 unspecified atom stereocenters. The number of aryl methyl sites for hydroxylation is 1. The highest BCUT2D eigenvalue weighted by molar-refractivity contribution is 5.03. The van der Waals surface area contributed by atoms with E-state index in [1.807, 2.05) is 10.8 Å². The minimum absolute atomic E-state index is 0.534. The Morgan fingerprint density at radius 3 is 2.93 bits per heavy atom. The van der Waals surface area contributed by atoms with Gasteiger partial charge in [0.15, 0.2) is 0 Å². The monoisotopic (exact) mass is 212 g/mol. The lowest BCUT2D eigenvalue weighted by molar-refractivity contribution is 0.0105. The van der Waals surface area contributed by atoms with Crippen molar-refractivity contribution in [2.45, 2.75) is 38.8 Å². The summed E-state index contributed by atoms with van der Waals surface area (Å²) in [6.45, 7) is 5.30. The minimum atomic E-state index is -0.908. The topological polar surface area (TPSA) is 47.3 Å². The Hall–Kier alpha value is -0.870. The molecule has 0 saturated heterocycles. The van der Waals surface area contributed by atoms with Gasteiger partial charge >= 0.3 is 0 Å². The fourth-order valence-corrected chi connectivity index (χ4v) is 1.61. The molecule has 0 aliphatic heterocycles. The van der Waals surface area contributed by atoms with Crippen molar-refractivity contribution in [3.63, 3.8) is 0 Å². The van der Waals surface area contributed by atoms with Gasteiger partial charge in [0.05, 0.1) is 0 Å². The summed E-state index contributed by atoms with van der Waals surface area (Å²) in [4.78, 5) is 4.22. The molecule has 0 bridgehead atoms. The highest BCUT2D eigenvalue weighted by Crippen LogP contribution is 2.22. The number of rotatable bonds is 6. The van der Waals surface area contributed by atoms with Gasteiger partial charge in [-0.3, -0.25) is 0 Å². The molecule has 4 nitrogen and oxygen atoms in total. The van der Waals surface area contributed by atoms with E-state index in [9.17, 15) is 5.11 Å². The van der Waals surface area contributed by atoms with Crippen molar-refractivity contribution in [3.05, 3.63) is 18.2 Å². The van der Waals surface area contributed by atoms with Crippen LogP contribution < -0.4 is 0 Å². The first-order valence-electron chi connectivity index (χ1n) is 5.34. The third kappa shape index (κ3) is 3.04. The first-order valence-corrected chi connectivity index (χ1v) is 5.34. The lowest BCUT2D eigenvalue weighted by Gasteiger charge is -2.23. The predicted octanol–water partition coefficient (Wildman–Crippen LogP) is 1.54. The van der Waals surface area contributed by atoms with E-state index in [2.05, 4.69) is 11.9 Å². The molecule has 0 radical (unpaired) electrons. The van der Waals surface area contributed by atoms with Gasteiger partial charge in [0.25, 0.3) is 0 Å². The molecule has 86 valence electrons. The predicted molar refractivity (Wildman–Crippen MR) is 58.6 cm³/mol. The third-order valence-corrected chi connectivity index (χ3v) is 2.45. The van der Waals surface area contributed by atoms with Gasteiger partial charge in [0.2, 0.25) is 0 Å². The Labute approximate surface area is 90.9 Å². The van der Waals surface area contributed by atoms with E-state index < -0.39 is 5.60 Å². The molecule has 4 heteroatoms. The molecule has 1 heterocycles. The van der Waals surface area contributed by atoms with Crippen LogP contribution in [0.25, 0.3) is 0 Å². The van der Waals surface area contributed by atoms with Crippen LogP contribution in [0, 0.1) is 0 Å². The molecule has 0 aliphatic carbocycles. The average Bonchev–Trinajstić information content (AvgIpc) is 2.64. The zero-order valence-electron chi connectivity index (χ0n) is 9.73. The fraction of sp³-hybridized carbons (Fsp3) is 0.727. The van der Waals surface area contributed by atoms with Crippen molar-refractivity contribution < 1.29 is 9.84 Å². The number of ether oxygens (including phenoxy) is 1. The largest absolute Gasteiger partial charge is 0.385 e. The van der Waals surface area contributed by atoms with E-state index in [-0.39, 0.29) is 0 Å². The number of nitrogens with zero attached hydrogens (tertiary/aromatic N) is 2. The summed E-state index contributed by atoms with van der Waals surface area (Å²) >= 11 is 0. The third-order valence-electron chi connectivity index (χ3n) is 2.45. The van der Waals surface area contributed by atoms with E-state index in [0.717, 1.165) is 18.8 Å². The summed E-state index contributed by atoms with van der Waals surface area (Å²) in [7, 11) is 1.63. The van der Waals surface area contributed by atoms with E-state index in [4.69, 9.17) is 4.74 Å². The van der Waals surface area contributed by atoms with Gasteiger partial charge in [-0.05, 0) is 13.3 Å². The summed E-state index contributed by atoms with van der Waals surface area (Å²) in [5.74, 6) is 0.724. The Bertz CT molecular complexity index is 295. The Morgan fingerprint density at radius 1 is 1.60 bits per heavy atom. The van der Waals surface area contributed by atoms with Crippen LogP contribution in [0.15, 0.2) is 12.4 Å². The van der Waals surface area contributed by atoms with Gasteiger partial charge in [0.1, 0.15) is 11.4 Å². The normalized spacial score (nSPS) is 15.2. The second-order valence-electron chi connectivity index (χ2n) is 3.96. The molecule has 1 aromatic heterocycles. The van der Waals surface area contributed by atoms with Crippen LogP contribution in [0.1, 0.15) is 32.5 Å². The number of hydrogen-bond donors (Lipinski definition) is 1. The summed E-state index contributed by atoms with van der Waals surface area (Å²) in [6.07, 6.45) is 5.22. The first-order chi connectivity index (χ1) is 7.11. The Kier molecular flexibility index (Phi) is 4.29. The molecule has 0 saturated carbocycles. The maximum Gasteiger partial charge on any atom is 0.140 e. The van der Waals surface area contributed by atoms with Gasteiger partial charge < -0.3 is 14.4 Å². The SMILES string of the molecule is CCCn1ccnc1C(C)(O)CCOC. The van der Waals surface area contributed by atoms with Crippen LogP contribution >= 0.6 is 0 Å². The molecule has 0 fully saturated rings. The van der Waals surface area contributed by atoms with Crippen LogP contribution in [-0.2, 0) is 16.9 Å². The molecule has 0 aromatic carbocycles. The number of hydrogen-bond acceptors (Lipinski definition) is 3. The van der Waals surface area contributed by atoms with Gasteiger partial charge in [-0.1, -0.05) is 6.92 Å². The molecular formula is C11H20N2O2. The van der Waals surface area contributed by atoms with Crippen molar-refractivity contribution >= 4 is 0 Å². The minimum Gasteiger partial charge on any atom is -0.385 e. The molecule has 1 atom stereocenters. The van der Waals surface area contributed by atoms with Crippen LogP contribution in [0.5, 0.6) is 0 Å². The molecular weight excluding hydrogens is 192 g/mol. The number of methoxy groups -OCH3 is 1. The van der Waals surface area contributed by atoms with Gasteiger partial charge in [0, 0.05) is 39.1 Å². The zero-order chi connectivity index (χ0) is 11.3. The second-order valence-corrected chi connectivity index (χ2v) is 3.96. The quantitative estimate of drug-likeness (QED) is 0.778. The lowest BCUT2D eigenvalue weighted by Crippen LogP contribution is -2.27. The summed E-state index contributed by atoms with van der Waals surface area (Å²) in [6, 6.07) is 0. The number of aliphatic hydroxyl groups is 1. The molecule has 1 N–H and O–H groups in total. The van der Waals surface area contributed by atoms with E-state index >= 15 is 0 Å². The Balaban J connectivity index is 2.78. The first kappa shape index (κ1) is 12.2. The van der Waals surface area contributed by atoms with Crippen molar-refractivity contribution in [1.82, 2.24) is 9.55 Å². The van der Waals surface area contributed by atoms with E-state index in [0.29, 0.717) is 13.0 Å². The summed E-state index contributed by atoms with van der Waals surface area (Å²) in [5.41, 5.74) is -0.908. The van der Waals surface area contributed by atoms with Crippen molar-refractivity contribution in [1.29, 1.82) is 0 Å². The maximum atomic E-state index is 10.2. The van der Waals surface area contributed by atoms with Gasteiger partial charge in [-0.25, -0.2) is 4.98 Å². The highest BCUT2D eigenvalue weighted by Gasteiger charge is 2.27. The van der Waals surface area contributed by atoms with Crippen molar-refractivity contribution in [3.8, 4) is 0 Å². The van der Waals surface area contributed by atoms with E-state index in [1.165, 1.54) is 0 Å². The lowest BCUT2D eigenvalue weighted by atomic mass is 10.0. The maximum absolute atomic E-state index is 10.2. The fourth-order valence-electron chi connectivity index (χ4n) is 1.61. The van der Waals surface area contributed by atoms with Crippen LogP contribution in [0.4, 0.5) is 0 Å². The van der Waals surface area contributed by atoms with Crippen LogP contribution in [0.2, 0.25) is 0 Å². The molecule has 1 aromatic rings. The summed E-state index contributed by atoms with van der Waals surface area (Å²) in [5, 5.41) is 10.2. The molecule has 0 spiro atoms.